The Labute approximate surface area is 204 Å². The van der Waals surface area contributed by atoms with E-state index < -0.39 is 17.9 Å². The number of hydrogen-bond acceptors (Lipinski definition) is 8. The summed E-state index contributed by atoms with van der Waals surface area (Å²) >= 11 is 0. The van der Waals surface area contributed by atoms with Crippen molar-refractivity contribution in [2.45, 2.75) is 26.4 Å². The van der Waals surface area contributed by atoms with Crippen LogP contribution in [0.3, 0.4) is 0 Å². The van der Waals surface area contributed by atoms with Gasteiger partial charge in [-0.2, -0.15) is 0 Å². The van der Waals surface area contributed by atoms with Crippen LogP contribution in [0.1, 0.15) is 27.3 Å². The topological polar surface area (TPSA) is 139 Å². The van der Waals surface area contributed by atoms with Crippen LogP contribution in [-0.4, -0.2) is 46.6 Å². The molecular weight excluding hydrogens is 458 g/mol. The molecule has 180 valence electrons. The number of aromatic nitrogens is 2. The van der Waals surface area contributed by atoms with Crippen molar-refractivity contribution in [1.29, 1.82) is 0 Å². The number of methoxy groups -OCH3 is 1. The molecule has 34 heavy (non-hydrogen) atoms. The van der Waals surface area contributed by atoms with Crippen LogP contribution < -0.4 is 16.4 Å². The van der Waals surface area contributed by atoms with Crippen LogP contribution in [0.5, 0.6) is 5.75 Å². The van der Waals surface area contributed by atoms with Crippen LogP contribution in [0.2, 0.25) is 0 Å². The van der Waals surface area contributed by atoms with Crippen molar-refractivity contribution in [2.24, 2.45) is 5.73 Å². The first-order chi connectivity index (χ1) is 15.8. The van der Waals surface area contributed by atoms with Gasteiger partial charge >= 0.3 is 5.97 Å². The van der Waals surface area contributed by atoms with Crippen LogP contribution in [0.25, 0.3) is 11.1 Å². The van der Waals surface area contributed by atoms with Gasteiger partial charge in [-0.05, 0) is 42.7 Å². The molecule has 1 amide bonds. The summed E-state index contributed by atoms with van der Waals surface area (Å²) in [6.07, 6.45) is 0. The molecule has 2 aromatic carbocycles. The van der Waals surface area contributed by atoms with Gasteiger partial charge in [0.15, 0.2) is 0 Å². The molecule has 1 atom stereocenters. The molecule has 0 radical (unpaired) electrons. The zero-order valence-corrected chi connectivity index (χ0v) is 20.0. The van der Waals surface area contributed by atoms with E-state index in [0.29, 0.717) is 23.9 Å². The minimum atomic E-state index is -0.951. The molecule has 0 aliphatic carbocycles. The second-order valence-electron chi connectivity index (χ2n) is 7.44. The number of halogens is 1. The highest BCUT2D eigenvalue weighted by Gasteiger charge is 2.23. The smallest absolute Gasteiger partial charge is 0.329 e. The highest BCUT2D eigenvalue weighted by molar-refractivity contribution is 5.98. The number of nitrogens with two attached hydrogens (primary N) is 1. The number of carbonyl (C=O) groups is 2. The van der Waals surface area contributed by atoms with Crippen LogP contribution in [-0.2, 0) is 16.1 Å². The second kappa shape index (κ2) is 12.0. The van der Waals surface area contributed by atoms with E-state index >= 15 is 0 Å². The minimum absolute atomic E-state index is 0. The van der Waals surface area contributed by atoms with Gasteiger partial charge < -0.3 is 26.2 Å². The van der Waals surface area contributed by atoms with Crippen molar-refractivity contribution in [3.63, 3.8) is 0 Å². The summed E-state index contributed by atoms with van der Waals surface area (Å²) in [6, 6.07) is 13.9. The lowest BCUT2D eigenvalue weighted by molar-refractivity contribution is -0.142. The molecule has 1 unspecified atom stereocenters. The van der Waals surface area contributed by atoms with E-state index in [4.69, 9.17) is 5.73 Å². The molecule has 1 aromatic heterocycles. The molecule has 0 bridgehead atoms. The van der Waals surface area contributed by atoms with Crippen LogP contribution >= 0.6 is 12.4 Å². The van der Waals surface area contributed by atoms with Gasteiger partial charge in [0, 0.05) is 13.1 Å². The number of hydrogen-bond donors (Lipinski definition) is 4. The summed E-state index contributed by atoms with van der Waals surface area (Å²) < 4.78 is 4.65. The Morgan fingerprint density at radius 3 is 2.38 bits per heavy atom. The summed E-state index contributed by atoms with van der Waals surface area (Å²) in [7, 11) is 1.23. The number of rotatable bonds is 8. The molecule has 0 aliphatic rings. The Balaban J connectivity index is 0.00000408. The van der Waals surface area contributed by atoms with E-state index in [1.54, 1.807) is 32.0 Å². The van der Waals surface area contributed by atoms with Gasteiger partial charge in [0.05, 0.1) is 24.1 Å². The Bertz CT molecular complexity index is 1150. The minimum Gasteiger partial charge on any atom is -0.508 e. The summed E-state index contributed by atoms with van der Waals surface area (Å²) in [6.45, 7) is 3.75. The van der Waals surface area contributed by atoms with Crippen molar-refractivity contribution < 1.29 is 19.4 Å². The molecule has 9 nitrogen and oxygen atoms in total. The molecule has 0 spiro atoms. The number of amides is 1. The first-order valence-electron chi connectivity index (χ1n) is 10.4. The van der Waals surface area contributed by atoms with Crippen LogP contribution in [0.15, 0.2) is 48.5 Å². The highest BCUT2D eigenvalue weighted by Crippen LogP contribution is 2.27. The number of nitrogens with one attached hydrogen (secondary N) is 2. The number of carbonyl (C=O) groups excluding carboxylic acids is 2. The standard InChI is InChI=1S/C24H27N5O4.ClH/c1-14-21(22(31)29-20(12-25)23(32)33-3)15(2)28-24(27-14)26-13-17-7-4-5-10-19(17)16-8-6-9-18(30)11-16;/h4-11,20,30H,12-13,25H2,1-3H3,(H,29,31)(H,26,27,28);1H. The Morgan fingerprint density at radius 1 is 1.09 bits per heavy atom. The molecule has 0 saturated heterocycles. The van der Waals surface area contributed by atoms with Crippen LogP contribution in [0, 0.1) is 13.8 Å². The molecule has 3 aromatic rings. The van der Waals surface area contributed by atoms with E-state index in [-0.39, 0.29) is 30.3 Å². The summed E-state index contributed by atoms with van der Waals surface area (Å²) in [5, 5.41) is 15.6. The lowest BCUT2D eigenvalue weighted by atomic mass is 9.99. The maximum atomic E-state index is 12.7. The SMILES string of the molecule is COC(=O)C(CN)NC(=O)c1c(C)nc(NCc2ccccc2-c2cccc(O)c2)nc1C.Cl. The number of aryl methyl sites for hydroxylation is 2. The second-order valence-corrected chi connectivity index (χ2v) is 7.44. The lowest BCUT2D eigenvalue weighted by Gasteiger charge is -2.17. The molecule has 3 rings (SSSR count). The number of phenolic OH excluding ortho intramolecular Hbond substituents is 1. The first kappa shape index (κ1) is 26.6. The van der Waals surface area contributed by atoms with Gasteiger partial charge in [-0.25, -0.2) is 14.8 Å². The number of benzene rings is 2. The third-order valence-corrected chi connectivity index (χ3v) is 5.14. The number of ether oxygens (including phenoxy) is 1. The van der Waals surface area contributed by atoms with Gasteiger partial charge in [0.1, 0.15) is 11.8 Å². The van der Waals surface area contributed by atoms with Gasteiger partial charge in [-0.1, -0.05) is 36.4 Å². The van der Waals surface area contributed by atoms with Crippen LogP contribution in [0.4, 0.5) is 5.95 Å². The van der Waals surface area contributed by atoms with Crippen molar-refractivity contribution in [3.8, 4) is 16.9 Å². The number of aromatic hydroxyl groups is 1. The third-order valence-electron chi connectivity index (χ3n) is 5.14. The monoisotopic (exact) mass is 485 g/mol. The van der Waals surface area contributed by atoms with E-state index in [9.17, 15) is 14.7 Å². The summed E-state index contributed by atoms with van der Waals surface area (Å²) in [5.41, 5.74) is 9.63. The first-order valence-corrected chi connectivity index (χ1v) is 10.4. The highest BCUT2D eigenvalue weighted by atomic mass is 35.5. The summed E-state index contributed by atoms with van der Waals surface area (Å²) in [4.78, 5) is 33.3. The average Bonchev–Trinajstić information content (AvgIpc) is 2.80. The van der Waals surface area contributed by atoms with Gasteiger partial charge in [0.25, 0.3) is 5.91 Å². The number of anilines is 1. The van der Waals surface area contributed by atoms with Crippen molar-refractivity contribution >= 4 is 30.2 Å². The van der Waals surface area contributed by atoms with E-state index in [0.717, 1.165) is 16.7 Å². The fraction of sp³-hybridized carbons (Fsp3) is 0.250. The van der Waals surface area contributed by atoms with Gasteiger partial charge in [-0.15, -0.1) is 12.4 Å². The summed E-state index contributed by atoms with van der Waals surface area (Å²) in [5.74, 6) is -0.546. The number of esters is 1. The molecule has 5 N–H and O–H groups in total. The normalized spacial score (nSPS) is 11.2. The molecule has 0 saturated carbocycles. The lowest BCUT2D eigenvalue weighted by Crippen LogP contribution is -2.46. The number of nitrogens with zero attached hydrogens (tertiary/aromatic N) is 2. The molecular formula is C24H28ClN5O4. The quantitative estimate of drug-likeness (QED) is 0.357. The molecule has 0 fully saturated rings. The third kappa shape index (κ3) is 6.21. The van der Waals surface area contributed by atoms with Crippen molar-refractivity contribution in [2.75, 3.05) is 19.0 Å². The average molecular weight is 486 g/mol. The predicted molar refractivity (Wildman–Crippen MR) is 132 cm³/mol. The zero-order chi connectivity index (χ0) is 24.0. The van der Waals surface area contributed by atoms with E-state index in [2.05, 4.69) is 25.3 Å². The maximum absolute atomic E-state index is 12.7. The van der Waals surface area contributed by atoms with Crippen molar-refractivity contribution in [1.82, 2.24) is 15.3 Å². The molecule has 10 heteroatoms. The fourth-order valence-corrected chi connectivity index (χ4v) is 3.51. The van der Waals surface area contributed by atoms with Gasteiger partial charge in [0.2, 0.25) is 5.95 Å². The zero-order valence-electron chi connectivity index (χ0n) is 19.2. The number of phenols is 1. The Hall–Kier alpha value is -3.69. The fourth-order valence-electron chi connectivity index (χ4n) is 3.51. The van der Waals surface area contributed by atoms with Crippen molar-refractivity contribution in [3.05, 3.63) is 71.0 Å². The van der Waals surface area contributed by atoms with E-state index in [1.807, 2.05) is 30.3 Å². The Kier molecular flexibility index (Phi) is 9.35. The predicted octanol–water partition coefficient (Wildman–Crippen LogP) is 2.73. The largest absolute Gasteiger partial charge is 0.508 e. The Morgan fingerprint density at radius 2 is 1.76 bits per heavy atom. The maximum Gasteiger partial charge on any atom is 0.329 e. The molecule has 1 heterocycles. The molecule has 0 aliphatic heterocycles. The van der Waals surface area contributed by atoms with Gasteiger partial charge in [-0.3, -0.25) is 4.79 Å². The van der Waals surface area contributed by atoms with E-state index in [1.165, 1.54) is 7.11 Å².